The highest BCUT2D eigenvalue weighted by Gasteiger charge is 2.26. The highest BCUT2D eigenvalue weighted by molar-refractivity contribution is 4.80. The van der Waals surface area contributed by atoms with E-state index in [-0.39, 0.29) is 0 Å². The van der Waals surface area contributed by atoms with Crippen molar-refractivity contribution < 1.29 is 0 Å². The molecule has 76 valence electrons. The average molecular weight is 182 g/mol. The van der Waals surface area contributed by atoms with Gasteiger partial charge >= 0.3 is 0 Å². The fourth-order valence-corrected chi connectivity index (χ4v) is 2.36. The molecule has 1 aliphatic heterocycles. The zero-order chi connectivity index (χ0) is 9.10. The smallest absolute Gasteiger partial charge is 0.000966 e. The van der Waals surface area contributed by atoms with E-state index in [0.717, 1.165) is 18.4 Å². The number of nitrogens with zero attached hydrogens (tertiary/aromatic N) is 1. The highest BCUT2D eigenvalue weighted by atomic mass is 15.1. The SMILES string of the molecule is NCCC1CCN(CC2CC2)CC1. The van der Waals surface area contributed by atoms with E-state index in [1.165, 1.54) is 51.7 Å². The molecule has 1 saturated carbocycles. The summed E-state index contributed by atoms with van der Waals surface area (Å²) in [6.07, 6.45) is 7.01. The molecule has 2 nitrogen and oxygen atoms in total. The Kier molecular flexibility index (Phi) is 3.23. The van der Waals surface area contributed by atoms with E-state index < -0.39 is 0 Å². The monoisotopic (exact) mass is 182 g/mol. The van der Waals surface area contributed by atoms with Gasteiger partial charge in [0, 0.05) is 6.54 Å². The molecule has 2 rings (SSSR count). The van der Waals surface area contributed by atoms with Gasteiger partial charge in [0.2, 0.25) is 0 Å². The number of likely N-dealkylation sites (tertiary alicyclic amines) is 1. The summed E-state index contributed by atoms with van der Waals surface area (Å²) in [5.74, 6) is 1.99. The second-order valence-electron chi connectivity index (χ2n) is 4.76. The summed E-state index contributed by atoms with van der Waals surface area (Å²) >= 11 is 0. The van der Waals surface area contributed by atoms with Gasteiger partial charge in [0.15, 0.2) is 0 Å². The first-order valence-corrected chi connectivity index (χ1v) is 5.81. The van der Waals surface area contributed by atoms with Crippen LogP contribution in [0.5, 0.6) is 0 Å². The Bertz CT molecular complexity index is 146. The van der Waals surface area contributed by atoms with E-state index in [9.17, 15) is 0 Å². The summed E-state index contributed by atoms with van der Waals surface area (Å²) < 4.78 is 0. The molecule has 0 atom stereocenters. The molecule has 0 aromatic rings. The summed E-state index contributed by atoms with van der Waals surface area (Å²) in [5.41, 5.74) is 5.57. The topological polar surface area (TPSA) is 29.3 Å². The molecule has 1 saturated heterocycles. The summed E-state index contributed by atoms with van der Waals surface area (Å²) in [5, 5.41) is 0. The summed E-state index contributed by atoms with van der Waals surface area (Å²) in [4.78, 5) is 2.66. The van der Waals surface area contributed by atoms with Crippen LogP contribution in [0.3, 0.4) is 0 Å². The third kappa shape index (κ3) is 2.96. The van der Waals surface area contributed by atoms with Crippen molar-refractivity contribution in [2.45, 2.75) is 32.1 Å². The van der Waals surface area contributed by atoms with Crippen molar-refractivity contribution in [3.05, 3.63) is 0 Å². The van der Waals surface area contributed by atoms with E-state index in [2.05, 4.69) is 4.90 Å². The number of rotatable bonds is 4. The molecule has 0 aromatic carbocycles. The van der Waals surface area contributed by atoms with Crippen molar-refractivity contribution in [3.8, 4) is 0 Å². The quantitative estimate of drug-likeness (QED) is 0.713. The Labute approximate surface area is 81.5 Å². The molecule has 2 aliphatic rings. The van der Waals surface area contributed by atoms with Gasteiger partial charge in [-0.3, -0.25) is 0 Å². The fraction of sp³-hybridized carbons (Fsp3) is 1.00. The molecule has 2 heteroatoms. The third-order valence-corrected chi connectivity index (χ3v) is 3.50. The van der Waals surface area contributed by atoms with Gasteiger partial charge in [-0.05, 0) is 63.6 Å². The van der Waals surface area contributed by atoms with Crippen LogP contribution in [0.4, 0.5) is 0 Å². The lowest BCUT2D eigenvalue weighted by Gasteiger charge is -2.31. The van der Waals surface area contributed by atoms with Gasteiger partial charge in [0.05, 0.1) is 0 Å². The maximum Gasteiger partial charge on any atom is 0.000966 e. The van der Waals surface area contributed by atoms with Crippen molar-refractivity contribution >= 4 is 0 Å². The summed E-state index contributed by atoms with van der Waals surface area (Å²) in [6, 6.07) is 0. The van der Waals surface area contributed by atoms with Crippen LogP contribution in [-0.2, 0) is 0 Å². The van der Waals surface area contributed by atoms with Gasteiger partial charge < -0.3 is 10.6 Å². The van der Waals surface area contributed by atoms with Crippen molar-refractivity contribution in [3.63, 3.8) is 0 Å². The van der Waals surface area contributed by atoms with E-state index in [1.807, 2.05) is 0 Å². The zero-order valence-electron chi connectivity index (χ0n) is 8.54. The van der Waals surface area contributed by atoms with Crippen LogP contribution < -0.4 is 5.73 Å². The molecule has 0 radical (unpaired) electrons. The Balaban J connectivity index is 1.63. The van der Waals surface area contributed by atoms with Gasteiger partial charge in [-0.2, -0.15) is 0 Å². The molecular weight excluding hydrogens is 160 g/mol. The summed E-state index contributed by atoms with van der Waals surface area (Å²) in [7, 11) is 0. The molecular formula is C11H22N2. The van der Waals surface area contributed by atoms with Crippen LogP contribution in [-0.4, -0.2) is 31.1 Å². The molecule has 2 fully saturated rings. The highest BCUT2D eigenvalue weighted by Crippen LogP contribution is 2.31. The lowest BCUT2D eigenvalue weighted by Crippen LogP contribution is -2.35. The van der Waals surface area contributed by atoms with E-state index >= 15 is 0 Å². The van der Waals surface area contributed by atoms with Crippen molar-refractivity contribution in [1.82, 2.24) is 4.90 Å². The van der Waals surface area contributed by atoms with E-state index in [4.69, 9.17) is 5.73 Å². The molecule has 1 aliphatic carbocycles. The Morgan fingerprint density at radius 1 is 1.00 bits per heavy atom. The predicted octanol–water partition coefficient (Wildman–Crippen LogP) is 1.46. The van der Waals surface area contributed by atoms with Gasteiger partial charge in [-0.1, -0.05) is 0 Å². The van der Waals surface area contributed by atoms with Crippen molar-refractivity contribution in [2.75, 3.05) is 26.2 Å². The minimum absolute atomic E-state index is 0.882. The second-order valence-corrected chi connectivity index (χ2v) is 4.76. The third-order valence-electron chi connectivity index (χ3n) is 3.50. The zero-order valence-corrected chi connectivity index (χ0v) is 8.54. The van der Waals surface area contributed by atoms with Crippen molar-refractivity contribution in [2.24, 2.45) is 17.6 Å². The maximum atomic E-state index is 5.57. The number of hydrogen-bond donors (Lipinski definition) is 1. The first-order valence-electron chi connectivity index (χ1n) is 5.81. The molecule has 0 bridgehead atoms. The summed E-state index contributed by atoms with van der Waals surface area (Å²) in [6.45, 7) is 4.94. The Hall–Kier alpha value is -0.0800. The molecule has 0 amide bonds. The van der Waals surface area contributed by atoms with Crippen molar-refractivity contribution in [1.29, 1.82) is 0 Å². The van der Waals surface area contributed by atoms with Crippen LogP contribution in [0, 0.1) is 11.8 Å². The van der Waals surface area contributed by atoms with Crippen LogP contribution in [0.1, 0.15) is 32.1 Å². The standard InChI is InChI=1S/C11H22N2/c12-6-3-10-4-7-13(8-5-10)9-11-1-2-11/h10-11H,1-9,12H2. The largest absolute Gasteiger partial charge is 0.330 e. The van der Waals surface area contributed by atoms with E-state index in [0.29, 0.717) is 0 Å². The molecule has 1 heterocycles. The molecule has 13 heavy (non-hydrogen) atoms. The average Bonchev–Trinajstić information content (AvgIpc) is 2.93. The molecule has 0 spiro atoms. The lowest BCUT2D eigenvalue weighted by molar-refractivity contribution is 0.174. The molecule has 0 aromatic heterocycles. The fourth-order valence-electron chi connectivity index (χ4n) is 2.36. The van der Waals surface area contributed by atoms with Crippen LogP contribution in [0.25, 0.3) is 0 Å². The van der Waals surface area contributed by atoms with Crippen LogP contribution >= 0.6 is 0 Å². The minimum atomic E-state index is 0.882. The Morgan fingerprint density at radius 3 is 2.23 bits per heavy atom. The Morgan fingerprint density at radius 2 is 1.69 bits per heavy atom. The number of piperidine rings is 1. The molecule has 0 unspecified atom stereocenters. The van der Waals surface area contributed by atoms with Crippen LogP contribution in [0.15, 0.2) is 0 Å². The minimum Gasteiger partial charge on any atom is -0.330 e. The number of nitrogens with two attached hydrogens (primary N) is 1. The lowest BCUT2D eigenvalue weighted by atomic mass is 9.93. The van der Waals surface area contributed by atoms with E-state index in [1.54, 1.807) is 0 Å². The molecule has 2 N–H and O–H groups in total. The van der Waals surface area contributed by atoms with Gasteiger partial charge in [0.1, 0.15) is 0 Å². The van der Waals surface area contributed by atoms with Gasteiger partial charge in [-0.25, -0.2) is 0 Å². The second kappa shape index (κ2) is 4.43. The first-order chi connectivity index (χ1) is 6.38. The first kappa shape index (κ1) is 9.47. The van der Waals surface area contributed by atoms with Gasteiger partial charge in [0.25, 0.3) is 0 Å². The predicted molar refractivity (Wildman–Crippen MR) is 55.6 cm³/mol. The maximum absolute atomic E-state index is 5.57. The normalized spacial score (nSPS) is 26.5. The van der Waals surface area contributed by atoms with Gasteiger partial charge in [-0.15, -0.1) is 0 Å². The van der Waals surface area contributed by atoms with Crippen LogP contribution in [0.2, 0.25) is 0 Å². The number of hydrogen-bond acceptors (Lipinski definition) is 2.